The Morgan fingerprint density at radius 1 is 1.35 bits per heavy atom. The molecule has 1 aromatic rings. The minimum Gasteiger partial charge on any atom is -0.341 e. The van der Waals surface area contributed by atoms with Gasteiger partial charge >= 0.3 is 0 Å². The van der Waals surface area contributed by atoms with Crippen LogP contribution in [0.2, 0.25) is 0 Å². The van der Waals surface area contributed by atoms with Gasteiger partial charge in [-0.3, -0.25) is 9.69 Å². The summed E-state index contributed by atoms with van der Waals surface area (Å²) in [4.78, 5) is 16.3. The highest BCUT2D eigenvalue weighted by Crippen LogP contribution is 2.14. The molecule has 0 radical (unpaired) electrons. The van der Waals surface area contributed by atoms with Crippen LogP contribution in [0.4, 0.5) is 4.39 Å². The van der Waals surface area contributed by atoms with Crippen LogP contribution in [0.25, 0.3) is 0 Å². The van der Waals surface area contributed by atoms with Gasteiger partial charge in [0.05, 0.1) is 6.04 Å². The second kappa shape index (κ2) is 6.84. The number of likely N-dealkylation sites (tertiary alicyclic amines) is 1. The first-order chi connectivity index (χ1) is 9.58. The van der Waals surface area contributed by atoms with Crippen LogP contribution in [0.15, 0.2) is 24.3 Å². The molecule has 1 fully saturated rings. The second-order valence-corrected chi connectivity index (χ2v) is 5.61. The van der Waals surface area contributed by atoms with Gasteiger partial charge in [-0.15, -0.1) is 0 Å². The summed E-state index contributed by atoms with van der Waals surface area (Å²) in [5.41, 5.74) is 0.894. The molecule has 0 spiro atoms. The SMILES string of the molecule is CC(C(=O)N1CCCCC1)N(C)Cc1cccc(F)c1. The van der Waals surface area contributed by atoms with Crippen molar-refractivity contribution in [3.05, 3.63) is 35.6 Å². The molecule has 0 aliphatic carbocycles. The minimum atomic E-state index is -0.231. The van der Waals surface area contributed by atoms with E-state index in [9.17, 15) is 9.18 Å². The highest BCUT2D eigenvalue weighted by atomic mass is 19.1. The number of carbonyl (C=O) groups is 1. The number of piperidine rings is 1. The van der Waals surface area contributed by atoms with E-state index < -0.39 is 0 Å². The van der Waals surface area contributed by atoms with Gasteiger partial charge in [0.15, 0.2) is 0 Å². The van der Waals surface area contributed by atoms with E-state index >= 15 is 0 Å². The zero-order valence-corrected chi connectivity index (χ0v) is 12.3. The van der Waals surface area contributed by atoms with Crippen molar-refractivity contribution >= 4 is 5.91 Å². The van der Waals surface area contributed by atoms with Crippen LogP contribution in [0, 0.1) is 5.82 Å². The summed E-state index contributed by atoms with van der Waals surface area (Å²) in [6.45, 7) is 4.25. The van der Waals surface area contributed by atoms with Crippen LogP contribution in [-0.2, 0) is 11.3 Å². The van der Waals surface area contributed by atoms with Gasteiger partial charge < -0.3 is 4.90 Å². The van der Waals surface area contributed by atoms with Crippen LogP contribution in [-0.4, -0.2) is 41.9 Å². The van der Waals surface area contributed by atoms with E-state index in [1.54, 1.807) is 6.07 Å². The molecule has 1 atom stereocenters. The Hall–Kier alpha value is -1.42. The topological polar surface area (TPSA) is 23.6 Å². The molecule has 0 bridgehead atoms. The van der Waals surface area contributed by atoms with E-state index in [4.69, 9.17) is 0 Å². The average Bonchev–Trinajstić information content (AvgIpc) is 2.46. The number of hydrogen-bond donors (Lipinski definition) is 0. The Morgan fingerprint density at radius 3 is 2.70 bits per heavy atom. The summed E-state index contributed by atoms with van der Waals surface area (Å²) in [5, 5.41) is 0. The predicted molar refractivity (Wildman–Crippen MR) is 77.8 cm³/mol. The number of benzene rings is 1. The van der Waals surface area contributed by atoms with Crippen molar-refractivity contribution in [1.82, 2.24) is 9.80 Å². The van der Waals surface area contributed by atoms with E-state index in [1.807, 2.05) is 29.8 Å². The summed E-state index contributed by atoms with van der Waals surface area (Å²) in [7, 11) is 1.91. The van der Waals surface area contributed by atoms with E-state index in [-0.39, 0.29) is 17.8 Å². The molecule has 110 valence electrons. The first kappa shape index (κ1) is 15.0. The Morgan fingerprint density at radius 2 is 2.05 bits per heavy atom. The maximum absolute atomic E-state index is 13.2. The molecule has 3 nitrogen and oxygen atoms in total. The molecular weight excluding hydrogens is 255 g/mol. The van der Waals surface area contributed by atoms with Gasteiger partial charge in [-0.25, -0.2) is 4.39 Å². The summed E-state index contributed by atoms with van der Waals surface area (Å²) in [6, 6.07) is 6.38. The standard InChI is InChI=1S/C16H23FN2O/c1-13(16(20)19-9-4-3-5-10-19)18(2)12-14-7-6-8-15(17)11-14/h6-8,11,13H,3-5,9-10,12H2,1-2H3. The molecule has 1 aliphatic rings. The monoisotopic (exact) mass is 278 g/mol. The molecule has 0 saturated carbocycles. The summed E-state index contributed by atoms with van der Waals surface area (Å²) < 4.78 is 13.2. The lowest BCUT2D eigenvalue weighted by molar-refractivity contribution is -0.137. The Balaban J connectivity index is 1.93. The van der Waals surface area contributed by atoms with Gasteiger partial charge in [-0.05, 0) is 50.9 Å². The van der Waals surface area contributed by atoms with Crippen molar-refractivity contribution in [1.29, 1.82) is 0 Å². The van der Waals surface area contributed by atoms with Crippen LogP contribution < -0.4 is 0 Å². The van der Waals surface area contributed by atoms with Gasteiger partial charge in [-0.2, -0.15) is 0 Å². The lowest BCUT2D eigenvalue weighted by atomic mass is 10.1. The smallest absolute Gasteiger partial charge is 0.239 e. The summed E-state index contributed by atoms with van der Waals surface area (Å²) >= 11 is 0. The average molecular weight is 278 g/mol. The largest absolute Gasteiger partial charge is 0.341 e. The first-order valence-corrected chi connectivity index (χ1v) is 7.31. The number of hydrogen-bond acceptors (Lipinski definition) is 2. The normalized spacial score (nSPS) is 17.3. The van der Waals surface area contributed by atoms with Gasteiger partial charge in [0.2, 0.25) is 5.91 Å². The summed E-state index contributed by atoms with van der Waals surface area (Å²) in [5.74, 6) is -0.0467. The maximum Gasteiger partial charge on any atom is 0.239 e. The van der Waals surface area contributed by atoms with Crippen molar-refractivity contribution in [2.24, 2.45) is 0 Å². The number of nitrogens with zero attached hydrogens (tertiary/aromatic N) is 2. The first-order valence-electron chi connectivity index (χ1n) is 7.31. The Labute approximate surface area is 120 Å². The van der Waals surface area contributed by atoms with Crippen molar-refractivity contribution in [3.63, 3.8) is 0 Å². The van der Waals surface area contributed by atoms with Crippen LogP contribution >= 0.6 is 0 Å². The van der Waals surface area contributed by atoms with Gasteiger partial charge in [0.25, 0.3) is 0 Å². The molecular formula is C16H23FN2O. The molecule has 1 saturated heterocycles. The van der Waals surface area contributed by atoms with E-state index in [0.717, 1.165) is 31.5 Å². The maximum atomic E-state index is 13.2. The fourth-order valence-electron chi connectivity index (χ4n) is 2.63. The second-order valence-electron chi connectivity index (χ2n) is 5.61. The molecule has 1 amide bonds. The summed E-state index contributed by atoms with van der Waals surface area (Å²) in [6.07, 6.45) is 3.43. The molecule has 0 N–H and O–H groups in total. The minimum absolute atomic E-state index is 0.170. The zero-order chi connectivity index (χ0) is 14.5. The quantitative estimate of drug-likeness (QED) is 0.845. The third kappa shape index (κ3) is 3.79. The number of amides is 1. The highest BCUT2D eigenvalue weighted by molar-refractivity contribution is 5.81. The highest BCUT2D eigenvalue weighted by Gasteiger charge is 2.24. The number of halogens is 1. The van der Waals surface area contributed by atoms with E-state index in [0.29, 0.717) is 6.54 Å². The van der Waals surface area contributed by atoms with Gasteiger partial charge in [0, 0.05) is 19.6 Å². The van der Waals surface area contributed by atoms with Crippen molar-refractivity contribution in [2.45, 2.75) is 38.8 Å². The lowest BCUT2D eigenvalue weighted by Crippen LogP contribution is -2.47. The van der Waals surface area contributed by atoms with Crippen molar-refractivity contribution < 1.29 is 9.18 Å². The van der Waals surface area contributed by atoms with E-state index in [2.05, 4.69) is 0 Å². The Kier molecular flexibility index (Phi) is 5.12. The van der Waals surface area contributed by atoms with E-state index in [1.165, 1.54) is 18.6 Å². The molecule has 1 unspecified atom stereocenters. The molecule has 1 heterocycles. The molecule has 1 aromatic carbocycles. The zero-order valence-electron chi connectivity index (χ0n) is 12.3. The number of likely N-dealkylation sites (N-methyl/N-ethyl adjacent to an activating group) is 1. The van der Waals surface area contributed by atoms with Crippen LogP contribution in [0.5, 0.6) is 0 Å². The fourth-order valence-corrected chi connectivity index (χ4v) is 2.63. The molecule has 1 aliphatic heterocycles. The number of rotatable bonds is 4. The van der Waals surface area contributed by atoms with Crippen LogP contribution in [0.1, 0.15) is 31.7 Å². The predicted octanol–water partition coefficient (Wildman–Crippen LogP) is 2.66. The molecule has 0 aromatic heterocycles. The lowest BCUT2D eigenvalue weighted by Gasteiger charge is -2.32. The van der Waals surface area contributed by atoms with Crippen molar-refractivity contribution in [2.75, 3.05) is 20.1 Å². The number of carbonyl (C=O) groups excluding carboxylic acids is 1. The van der Waals surface area contributed by atoms with Gasteiger partial charge in [0.1, 0.15) is 5.82 Å². The van der Waals surface area contributed by atoms with Gasteiger partial charge in [-0.1, -0.05) is 12.1 Å². The molecule has 4 heteroatoms. The fraction of sp³-hybridized carbons (Fsp3) is 0.562. The molecule has 2 rings (SSSR count). The van der Waals surface area contributed by atoms with Crippen molar-refractivity contribution in [3.8, 4) is 0 Å². The Bertz CT molecular complexity index is 458. The van der Waals surface area contributed by atoms with Crippen LogP contribution in [0.3, 0.4) is 0 Å². The molecule has 20 heavy (non-hydrogen) atoms. The third-order valence-electron chi connectivity index (χ3n) is 4.01. The third-order valence-corrected chi connectivity index (χ3v) is 4.01.